The molecule has 0 unspecified atom stereocenters. The van der Waals surface area contributed by atoms with E-state index in [-0.39, 0.29) is 18.2 Å². The summed E-state index contributed by atoms with van der Waals surface area (Å²) in [5.41, 5.74) is 2.53. The number of ether oxygens (including phenoxy) is 2. The third-order valence-electron chi connectivity index (χ3n) is 4.96. The number of fused-ring (bicyclic) bond motifs is 1. The lowest BCUT2D eigenvalue weighted by Crippen LogP contribution is -2.46. The molecule has 1 saturated heterocycles. The second-order valence-corrected chi connectivity index (χ2v) is 6.66. The molecule has 0 saturated carbocycles. The molecule has 0 aromatic heterocycles. The van der Waals surface area contributed by atoms with E-state index in [9.17, 15) is 4.79 Å². The standard InChI is InChI=1S/C21H24N2O3/c1-2-25-19-12-6-4-10-17(19)20-22-18-11-5-3-9-16(18)21(24)23(20)14-15-8-7-13-26-15/h3-6,9-12,15,20,22H,2,7-8,13-14H2,1H3/t15-,20-/m1/s1. The van der Waals surface area contributed by atoms with Crippen molar-refractivity contribution in [1.82, 2.24) is 4.90 Å². The highest BCUT2D eigenvalue weighted by molar-refractivity contribution is 6.01. The van der Waals surface area contributed by atoms with Gasteiger partial charge in [-0.1, -0.05) is 30.3 Å². The molecular formula is C21H24N2O3. The van der Waals surface area contributed by atoms with E-state index < -0.39 is 0 Å². The second-order valence-electron chi connectivity index (χ2n) is 6.66. The van der Waals surface area contributed by atoms with E-state index in [0.717, 1.165) is 36.4 Å². The fourth-order valence-corrected chi connectivity index (χ4v) is 3.73. The van der Waals surface area contributed by atoms with Gasteiger partial charge < -0.3 is 19.7 Å². The zero-order valence-electron chi connectivity index (χ0n) is 15.0. The highest BCUT2D eigenvalue weighted by Crippen LogP contribution is 2.37. The number of nitrogens with zero attached hydrogens (tertiary/aromatic N) is 1. The quantitative estimate of drug-likeness (QED) is 0.888. The number of amides is 1. The van der Waals surface area contributed by atoms with Crippen LogP contribution in [0.15, 0.2) is 48.5 Å². The zero-order valence-corrected chi connectivity index (χ0v) is 15.0. The van der Waals surface area contributed by atoms with Crippen LogP contribution < -0.4 is 10.1 Å². The normalized spacial score (nSPS) is 22.0. The van der Waals surface area contributed by atoms with Gasteiger partial charge in [0.2, 0.25) is 0 Å². The van der Waals surface area contributed by atoms with Gasteiger partial charge in [-0.05, 0) is 38.0 Å². The molecule has 0 spiro atoms. The van der Waals surface area contributed by atoms with Crippen molar-refractivity contribution in [3.05, 3.63) is 59.7 Å². The number of benzene rings is 2. The van der Waals surface area contributed by atoms with Gasteiger partial charge in [0.25, 0.3) is 5.91 Å². The maximum atomic E-state index is 13.2. The van der Waals surface area contributed by atoms with Crippen LogP contribution in [0, 0.1) is 0 Å². The summed E-state index contributed by atoms with van der Waals surface area (Å²) in [6, 6.07) is 15.6. The van der Waals surface area contributed by atoms with Crippen molar-refractivity contribution in [2.24, 2.45) is 0 Å². The van der Waals surface area contributed by atoms with E-state index in [0.29, 0.717) is 18.7 Å². The summed E-state index contributed by atoms with van der Waals surface area (Å²) in [5, 5.41) is 3.54. The van der Waals surface area contributed by atoms with Gasteiger partial charge in [-0.25, -0.2) is 0 Å². The predicted octanol–water partition coefficient (Wildman–Crippen LogP) is 3.83. The first-order valence-electron chi connectivity index (χ1n) is 9.27. The Labute approximate surface area is 153 Å². The van der Waals surface area contributed by atoms with E-state index in [2.05, 4.69) is 5.32 Å². The van der Waals surface area contributed by atoms with Crippen LogP contribution in [0.5, 0.6) is 5.75 Å². The number of nitrogens with one attached hydrogen (secondary N) is 1. The van der Waals surface area contributed by atoms with Gasteiger partial charge in [0, 0.05) is 24.4 Å². The lowest BCUT2D eigenvalue weighted by molar-refractivity contribution is 0.0424. The van der Waals surface area contributed by atoms with Crippen molar-refractivity contribution in [3.63, 3.8) is 0 Å². The highest BCUT2D eigenvalue weighted by Gasteiger charge is 2.36. The number of hydrogen-bond acceptors (Lipinski definition) is 4. The van der Waals surface area contributed by atoms with Crippen LogP contribution in [0.2, 0.25) is 0 Å². The molecule has 2 atom stereocenters. The Bertz CT molecular complexity index is 786. The minimum atomic E-state index is -0.274. The summed E-state index contributed by atoms with van der Waals surface area (Å²) in [6.45, 7) is 3.90. The molecule has 0 aliphatic carbocycles. The molecule has 136 valence electrons. The number of rotatable bonds is 5. The van der Waals surface area contributed by atoms with Gasteiger partial charge in [-0.2, -0.15) is 0 Å². The van der Waals surface area contributed by atoms with Crippen LogP contribution in [0.25, 0.3) is 0 Å². The van der Waals surface area contributed by atoms with Crippen LogP contribution in [0.3, 0.4) is 0 Å². The van der Waals surface area contributed by atoms with Crippen molar-refractivity contribution in [3.8, 4) is 5.75 Å². The molecule has 2 heterocycles. The Morgan fingerprint density at radius 2 is 2.00 bits per heavy atom. The first kappa shape index (κ1) is 16.9. The van der Waals surface area contributed by atoms with Crippen LogP contribution in [-0.4, -0.2) is 36.7 Å². The fourth-order valence-electron chi connectivity index (χ4n) is 3.73. The minimum absolute atomic E-state index is 0.0335. The molecule has 2 aliphatic rings. The van der Waals surface area contributed by atoms with Crippen molar-refractivity contribution >= 4 is 11.6 Å². The van der Waals surface area contributed by atoms with E-state index in [1.165, 1.54) is 0 Å². The van der Waals surface area contributed by atoms with Gasteiger partial charge in [0.05, 0.1) is 18.3 Å². The average molecular weight is 352 g/mol. The van der Waals surface area contributed by atoms with Crippen LogP contribution in [-0.2, 0) is 4.74 Å². The topological polar surface area (TPSA) is 50.8 Å². The largest absolute Gasteiger partial charge is 0.493 e. The Balaban J connectivity index is 1.73. The number of para-hydroxylation sites is 2. The zero-order chi connectivity index (χ0) is 17.9. The van der Waals surface area contributed by atoms with E-state index >= 15 is 0 Å². The molecule has 26 heavy (non-hydrogen) atoms. The monoisotopic (exact) mass is 352 g/mol. The summed E-state index contributed by atoms with van der Waals surface area (Å²) >= 11 is 0. The summed E-state index contributed by atoms with van der Waals surface area (Å²) in [6.07, 6.45) is 1.86. The minimum Gasteiger partial charge on any atom is -0.493 e. The average Bonchev–Trinajstić information content (AvgIpc) is 3.18. The first-order valence-corrected chi connectivity index (χ1v) is 9.27. The lowest BCUT2D eigenvalue weighted by atomic mass is 10.0. The van der Waals surface area contributed by atoms with Crippen molar-refractivity contribution < 1.29 is 14.3 Å². The third kappa shape index (κ3) is 3.15. The molecule has 4 rings (SSSR count). The predicted molar refractivity (Wildman–Crippen MR) is 100 cm³/mol. The Morgan fingerprint density at radius 3 is 2.81 bits per heavy atom. The van der Waals surface area contributed by atoms with Gasteiger partial charge in [0.1, 0.15) is 11.9 Å². The number of anilines is 1. The van der Waals surface area contributed by atoms with E-state index in [1.807, 2.05) is 60.4 Å². The van der Waals surface area contributed by atoms with Crippen molar-refractivity contribution in [2.45, 2.75) is 32.0 Å². The van der Waals surface area contributed by atoms with E-state index in [1.54, 1.807) is 0 Å². The van der Waals surface area contributed by atoms with E-state index in [4.69, 9.17) is 9.47 Å². The summed E-state index contributed by atoms with van der Waals surface area (Å²) in [5.74, 6) is 0.836. The SMILES string of the molecule is CCOc1ccccc1[C@@H]1Nc2ccccc2C(=O)N1C[C@H]1CCCO1. The smallest absolute Gasteiger partial charge is 0.257 e. The molecule has 1 N–H and O–H groups in total. The van der Waals surface area contributed by atoms with Crippen LogP contribution in [0.1, 0.15) is 41.9 Å². The number of hydrogen-bond donors (Lipinski definition) is 1. The van der Waals surface area contributed by atoms with Crippen LogP contribution >= 0.6 is 0 Å². The number of carbonyl (C=O) groups is 1. The summed E-state index contributed by atoms with van der Waals surface area (Å²) in [4.78, 5) is 15.1. The molecule has 2 aromatic rings. The Morgan fingerprint density at radius 1 is 1.19 bits per heavy atom. The maximum absolute atomic E-state index is 13.2. The van der Waals surface area contributed by atoms with Gasteiger partial charge in [-0.3, -0.25) is 4.79 Å². The molecule has 1 amide bonds. The Kier molecular flexibility index (Phi) is 4.80. The summed E-state index contributed by atoms with van der Waals surface area (Å²) in [7, 11) is 0. The molecule has 0 radical (unpaired) electrons. The lowest BCUT2D eigenvalue weighted by Gasteiger charge is -2.39. The molecule has 2 aromatic carbocycles. The molecule has 5 nitrogen and oxygen atoms in total. The highest BCUT2D eigenvalue weighted by atomic mass is 16.5. The molecule has 2 aliphatic heterocycles. The molecule has 0 bridgehead atoms. The number of carbonyl (C=O) groups excluding carboxylic acids is 1. The van der Waals surface area contributed by atoms with Gasteiger partial charge in [0.15, 0.2) is 0 Å². The summed E-state index contributed by atoms with van der Waals surface area (Å²) < 4.78 is 11.6. The van der Waals surface area contributed by atoms with Gasteiger partial charge >= 0.3 is 0 Å². The van der Waals surface area contributed by atoms with Crippen LogP contribution in [0.4, 0.5) is 5.69 Å². The Hall–Kier alpha value is -2.53. The second kappa shape index (κ2) is 7.38. The molecule has 1 fully saturated rings. The fraction of sp³-hybridized carbons (Fsp3) is 0.381. The van der Waals surface area contributed by atoms with Crippen molar-refractivity contribution in [2.75, 3.05) is 25.1 Å². The molecule has 5 heteroatoms. The molecular weight excluding hydrogens is 328 g/mol. The maximum Gasteiger partial charge on any atom is 0.257 e. The third-order valence-corrected chi connectivity index (χ3v) is 4.96. The van der Waals surface area contributed by atoms with Crippen molar-refractivity contribution in [1.29, 1.82) is 0 Å². The van der Waals surface area contributed by atoms with Gasteiger partial charge in [-0.15, -0.1) is 0 Å². The first-order chi connectivity index (χ1) is 12.8.